The minimum absolute atomic E-state index is 0.0835. The number of hydrogen-bond donors (Lipinski definition) is 0. The lowest BCUT2D eigenvalue weighted by atomic mass is 10.0. The van der Waals surface area contributed by atoms with Crippen LogP contribution in [0.3, 0.4) is 0 Å². The summed E-state index contributed by atoms with van der Waals surface area (Å²) in [7, 11) is 0. The molecule has 0 fully saturated rings. The lowest BCUT2D eigenvalue weighted by molar-refractivity contribution is 0.554. The maximum atomic E-state index is 13.6. The van der Waals surface area contributed by atoms with Gasteiger partial charge in [-0.3, -0.25) is 0 Å². The highest BCUT2D eigenvalue weighted by atomic mass is 127. The summed E-state index contributed by atoms with van der Waals surface area (Å²) in [4.78, 5) is -0.190. The van der Waals surface area contributed by atoms with E-state index in [1.54, 1.807) is 6.07 Å². The fraction of sp³-hybridized carbons (Fsp3) is 0.143. The van der Waals surface area contributed by atoms with E-state index in [0.717, 1.165) is 9.13 Å². The van der Waals surface area contributed by atoms with Gasteiger partial charge in [0.05, 0.1) is 0 Å². The summed E-state index contributed by atoms with van der Waals surface area (Å²) in [6, 6.07) is 9.37. The van der Waals surface area contributed by atoms with Crippen molar-refractivity contribution in [3.05, 3.63) is 67.8 Å². The summed E-state index contributed by atoms with van der Waals surface area (Å²) in [6.45, 7) is 0. The quantitative estimate of drug-likeness (QED) is 0.398. The molecule has 0 radical (unpaired) electrons. The van der Waals surface area contributed by atoms with Crippen molar-refractivity contribution >= 4 is 50.1 Å². The van der Waals surface area contributed by atoms with Crippen molar-refractivity contribution in [2.75, 3.05) is 0 Å². The summed E-state index contributed by atoms with van der Waals surface area (Å²) in [5.74, 6) is -1.05. The number of alkyl halides is 1. The Morgan fingerprint density at radius 1 is 1.16 bits per heavy atom. The molecule has 0 amide bonds. The average molecular weight is 457 g/mol. The van der Waals surface area contributed by atoms with Gasteiger partial charge in [0.25, 0.3) is 0 Å². The van der Waals surface area contributed by atoms with E-state index in [2.05, 4.69) is 38.5 Å². The molecule has 2 rings (SSSR count). The van der Waals surface area contributed by atoms with E-state index >= 15 is 0 Å². The van der Waals surface area contributed by atoms with Gasteiger partial charge >= 0.3 is 0 Å². The molecule has 0 aliphatic rings. The van der Waals surface area contributed by atoms with Gasteiger partial charge in [0.2, 0.25) is 0 Å². The fourth-order valence-electron chi connectivity index (χ4n) is 1.77. The minimum atomic E-state index is -0.526. The zero-order valence-corrected chi connectivity index (χ0v) is 14.1. The predicted octanol–water partition coefficient (Wildman–Crippen LogP) is 5.90. The van der Waals surface area contributed by atoms with Gasteiger partial charge in [0, 0.05) is 19.0 Å². The predicted molar refractivity (Wildman–Crippen MR) is 85.9 cm³/mol. The molecule has 0 nitrogen and oxygen atoms in total. The topological polar surface area (TPSA) is 0 Å². The molecule has 0 saturated heterocycles. The van der Waals surface area contributed by atoms with Gasteiger partial charge in [0.1, 0.15) is 11.6 Å². The van der Waals surface area contributed by atoms with Crippen molar-refractivity contribution in [3.8, 4) is 0 Å². The van der Waals surface area contributed by atoms with E-state index in [1.807, 2.05) is 12.1 Å². The molecule has 0 aromatic heterocycles. The van der Waals surface area contributed by atoms with Crippen molar-refractivity contribution in [3.63, 3.8) is 0 Å². The monoisotopic (exact) mass is 456 g/mol. The Balaban J connectivity index is 2.31. The number of hydrogen-bond acceptors (Lipinski definition) is 0. The second-order valence-electron chi connectivity index (χ2n) is 4.04. The summed E-state index contributed by atoms with van der Waals surface area (Å²) in [6.07, 6.45) is 0.231. The van der Waals surface area contributed by atoms with Gasteiger partial charge in [-0.2, -0.15) is 0 Å². The van der Waals surface area contributed by atoms with Crippen LogP contribution in [-0.4, -0.2) is 0 Å². The smallest absolute Gasteiger partial charge is 0.129 e. The van der Waals surface area contributed by atoms with Crippen LogP contribution < -0.4 is 0 Å². The summed E-state index contributed by atoms with van der Waals surface area (Å²) < 4.78 is 28.2. The van der Waals surface area contributed by atoms with Crippen LogP contribution in [0, 0.1) is 15.2 Å². The highest BCUT2D eigenvalue weighted by molar-refractivity contribution is 14.1. The second kappa shape index (κ2) is 6.50. The van der Waals surface area contributed by atoms with E-state index < -0.39 is 11.6 Å². The van der Waals surface area contributed by atoms with Gasteiger partial charge in [-0.25, -0.2) is 8.78 Å². The summed E-state index contributed by atoms with van der Waals surface area (Å²) >= 11 is 11.6. The molecule has 0 aliphatic heterocycles. The molecule has 0 heterocycles. The molecular formula is C14H9BrClF2I. The van der Waals surface area contributed by atoms with E-state index in [0.29, 0.717) is 5.02 Å². The third-order valence-electron chi connectivity index (χ3n) is 2.74. The molecule has 0 aliphatic carbocycles. The second-order valence-corrected chi connectivity index (χ2v) is 6.74. The maximum absolute atomic E-state index is 13.6. The normalized spacial score (nSPS) is 12.5. The van der Waals surface area contributed by atoms with E-state index in [1.165, 1.54) is 18.2 Å². The van der Waals surface area contributed by atoms with Crippen molar-refractivity contribution in [1.29, 1.82) is 0 Å². The first kappa shape index (κ1) is 15.2. The third-order valence-corrected chi connectivity index (χ3v) is 4.78. The molecule has 0 bridgehead atoms. The van der Waals surface area contributed by atoms with Gasteiger partial charge in [0.15, 0.2) is 0 Å². The fourth-order valence-corrected chi connectivity index (χ4v) is 3.79. The van der Waals surface area contributed by atoms with Crippen LogP contribution in [0.25, 0.3) is 0 Å². The van der Waals surface area contributed by atoms with Crippen LogP contribution in [0.1, 0.15) is 16.0 Å². The zero-order chi connectivity index (χ0) is 14.0. The van der Waals surface area contributed by atoms with Crippen molar-refractivity contribution < 1.29 is 8.78 Å². The lowest BCUT2D eigenvalue weighted by Crippen LogP contribution is -2.02. The van der Waals surface area contributed by atoms with Crippen LogP contribution in [0.15, 0.2) is 36.4 Å². The maximum Gasteiger partial charge on any atom is 0.129 e. The largest absolute Gasteiger partial charge is 0.207 e. The minimum Gasteiger partial charge on any atom is -0.207 e. The molecule has 5 heteroatoms. The highest BCUT2D eigenvalue weighted by Gasteiger charge is 2.17. The highest BCUT2D eigenvalue weighted by Crippen LogP contribution is 2.33. The third kappa shape index (κ3) is 3.67. The summed E-state index contributed by atoms with van der Waals surface area (Å²) in [5.41, 5.74) is 1.01. The molecule has 2 aromatic carbocycles. The molecule has 0 N–H and O–H groups in total. The van der Waals surface area contributed by atoms with Crippen LogP contribution in [0.5, 0.6) is 0 Å². The Hall–Kier alpha value is -0.200. The van der Waals surface area contributed by atoms with Gasteiger partial charge in [-0.05, 0) is 64.9 Å². The molecule has 0 spiro atoms. The van der Waals surface area contributed by atoms with Gasteiger partial charge in [-0.15, -0.1) is 0 Å². The lowest BCUT2D eigenvalue weighted by Gasteiger charge is -2.14. The molecule has 100 valence electrons. The number of rotatable bonds is 3. The van der Waals surface area contributed by atoms with Crippen molar-refractivity contribution in [2.45, 2.75) is 11.2 Å². The molecule has 2 aromatic rings. The van der Waals surface area contributed by atoms with E-state index in [9.17, 15) is 8.78 Å². The van der Waals surface area contributed by atoms with Gasteiger partial charge in [-0.1, -0.05) is 33.6 Å². The Labute approximate surface area is 137 Å². The molecule has 1 unspecified atom stereocenters. The Morgan fingerprint density at radius 2 is 1.79 bits per heavy atom. The van der Waals surface area contributed by atoms with Crippen molar-refractivity contribution in [1.82, 2.24) is 0 Å². The first-order valence-corrected chi connectivity index (χ1v) is 7.88. The number of halogens is 5. The molecular weight excluding hydrogens is 448 g/mol. The van der Waals surface area contributed by atoms with E-state index in [4.69, 9.17) is 11.6 Å². The van der Waals surface area contributed by atoms with E-state index in [-0.39, 0.29) is 16.8 Å². The van der Waals surface area contributed by atoms with Crippen LogP contribution in [0.4, 0.5) is 8.78 Å². The Bertz CT molecular complexity index is 584. The van der Waals surface area contributed by atoms with Crippen LogP contribution in [0.2, 0.25) is 5.02 Å². The Kier molecular flexibility index (Phi) is 5.20. The zero-order valence-electron chi connectivity index (χ0n) is 9.64. The van der Waals surface area contributed by atoms with Crippen LogP contribution in [-0.2, 0) is 6.42 Å². The standard InChI is InChI=1S/C14H9BrClF2I/c15-11(9-6-8(16)4-5-14(9)19)7-10-12(17)2-1-3-13(10)18/h1-6,11H,7H2. The first-order chi connectivity index (χ1) is 8.99. The van der Waals surface area contributed by atoms with Gasteiger partial charge < -0.3 is 0 Å². The van der Waals surface area contributed by atoms with Crippen LogP contribution >= 0.6 is 50.1 Å². The Morgan fingerprint density at radius 3 is 2.42 bits per heavy atom. The molecule has 0 saturated carbocycles. The average Bonchev–Trinajstić information content (AvgIpc) is 2.37. The number of benzene rings is 2. The molecule has 19 heavy (non-hydrogen) atoms. The summed E-state index contributed by atoms with van der Waals surface area (Å²) in [5, 5.41) is 0.605. The SMILES string of the molecule is Fc1cccc(F)c1CC(Br)c1cc(Cl)ccc1I. The first-order valence-electron chi connectivity index (χ1n) is 5.51. The molecule has 1 atom stereocenters. The van der Waals surface area contributed by atoms with Crippen molar-refractivity contribution in [2.24, 2.45) is 0 Å².